The summed E-state index contributed by atoms with van der Waals surface area (Å²) in [5.74, 6) is 0.522. The van der Waals surface area contributed by atoms with Gasteiger partial charge in [0.2, 0.25) is 5.91 Å². The first-order valence-corrected chi connectivity index (χ1v) is 11.4. The fourth-order valence-electron chi connectivity index (χ4n) is 4.51. The Morgan fingerprint density at radius 3 is 2.52 bits per heavy atom. The molecular weight excluding hydrogens is 393 g/mol. The first-order chi connectivity index (χ1) is 15.1. The highest BCUT2D eigenvalue weighted by Gasteiger charge is 2.28. The molecular formula is C25H32FN3O2. The van der Waals surface area contributed by atoms with Crippen LogP contribution in [0, 0.1) is 11.7 Å². The molecule has 0 bridgehead atoms. The minimum atomic E-state index is -0.225. The fraction of sp³-hybridized carbons (Fsp3) is 0.520. The Balaban J connectivity index is 1.30. The summed E-state index contributed by atoms with van der Waals surface area (Å²) in [7, 11) is 0. The number of hydrogen-bond acceptors (Lipinski definition) is 4. The first-order valence-electron chi connectivity index (χ1n) is 11.4. The van der Waals surface area contributed by atoms with E-state index in [0.717, 1.165) is 49.3 Å². The molecule has 2 aromatic rings. The number of likely N-dealkylation sites (tertiary alicyclic amines) is 1. The van der Waals surface area contributed by atoms with E-state index in [4.69, 9.17) is 4.74 Å². The van der Waals surface area contributed by atoms with Crippen molar-refractivity contribution in [3.8, 4) is 0 Å². The fourth-order valence-corrected chi connectivity index (χ4v) is 4.51. The molecule has 2 saturated heterocycles. The topological polar surface area (TPSA) is 45.7 Å². The van der Waals surface area contributed by atoms with Crippen LogP contribution in [0.1, 0.15) is 49.1 Å². The minimum absolute atomic E-state index is 0.181. The van der Waals surface area contributed by atoms with Gasteiger partial charge >= 0.3 is 0 Å². The van der Waals surface area contributed by atoms with Crippen LogP contribution in [0.25, 0.3) is 0 Å². The van der Waals surface area contributed by atoms with Crippen LogP contribution in [0.15, 0.2) is 42.6 Å². The third-order valence-corrected chi connectivity index (χ3v) is 6.54. The number of rotatable bonds is 6. The van der Waals surface area contributed by atoms with Crippen molar-refractivity contribution in [1.29, 1.82) is 0 Å². The average molecular weight is 426 g/mol. The molecule has 0 saturated carbocycles. The van der Waals surface area contributed by atoms with Gasteiger partial charge in [-0.3, -0.25) is 9.78 Å². The predicted molar refractivity (Wildman–Crippen MR) is 118 cm³/mol. The monoisotopic (exact) mass is 425 g/mol. The number of carbonyl (C=O) groups excluding carboxylic acids is 1. The summed E-state index contributed by atoms with van der Waals surface area (Å²) in [5, 5.41) is 0. The first kappa shape index (κ1) is 21.9. The molecule has 4 rings (SSSR count). The molecule has 0 N–H and O–H groups in total. The number of hydrogen-bond donors (Lipinski definition) is 0. The number of ether oxygens (including phenoxy) is 1. The highest BCUT2D eigenvalue weighted by molar-refractivity contribution is 5.76. The third-order valence-electron chi connectivity index (χ3n) is 6.54. The molecule has 0 spiro atoms. The zero-order valence-electron chi connectivity index (χ0n) is 18.3. The molecule has 0 aliphatic carbocycles. The Morgan fingerprint density at radius 1 is 1.10 bits per heavy atom. The lowest BCUT2D eigenvalue weighted by molar-refractivity contribution is -0.140. The molecule has 2 aliphatic heterocycles. The number of piperidine rings is 1. The SMILES string of the molecule is CCN1CCC(CC(=O)N2CCOC(c3ccc(Cc4ccc(F)cc4)cn3)C2)CC1. The molecule has 2 fully saturated rings. The van der Waals surface area contributed by atoms with Gasteiger partial charge in [-0.15, -0.1) is 0 Å². The summed E-state index contributed by atoms with van der Waals surface area (Å²) in [4.78, 5) is 21.9. The van der Waals surface area contributed by atoms with E-state index in [2.05, 4.69) is 16.8 Å². The number of halogens is 1. The number of benzene rings is 1. The van der Waals surface area contributed by atoms with Crippen molar-refractivity contribution in [3.05, 3.63) is 65.2 Å². The highest BCUT2D eigenvalue weighted by Crippen LogP contribution is 2.25. The van der Waals surface area contributed by atoms with E-state index in [0.29, 0.717) is 38.5 Å². The molecule has 1 amide bonds. The molecule has 31 heavy (non-hydrogen) atoms. The second-order valence-corrected chi connectivity index (χ2v) is 8.68. The Morgan fingerprint density at radius 2 is 1.84 bits per heavy atom. The lowest BCUT2D eigenvalue weighted by Crippen LogP contribution is -2.43. The van der Waals surface area contributed by atoms with Gasteiger partial charge in [0, 0.05) is 19.2 Å². The van der Waals surface area contributed by atoms with Crippen LogP contribution in [0.3, 0.4) is 0 Å². The molecule has 1 aromatic carbocycles. The Kier molecular flexibility index (Phi) is 7.30. The molecule has 5 nitrogen and oxygen atoms in total. The number of pyridine rings is 1. The maximum atomic E-state index is 13.1. The van der Waals surface area contributed by atoms with Crippen molar-refractivity contribution in [3.63, 3.8) is 0 Å². The van der Waals surface area contributed by atoms with Crippen LogP contribution < -0.4 is 0 Å². The quantitative estimate of drug-likeness (QED) is 0.706. The van der Waals surface area contributed by atoms with Gasteiger partial charge in [-0.05, 0) is 74.1 Å². The normalized spacial score (nSPS) is 20.7. The third kappa shape index (κ3) is 5.89. The molecule has 0 radical (unpaired) electrons. The Hall–Kier alpha value is -2.31. The zero-order chi connectivity index (χ0) is 21.6. The van der Waals surface area contributed by atoms with E-state index in [1.807, 2.05) is 23.2 Å². The summed E-state index contributed by atoms with van der Waals surface area (Å²) >= 11 is 0. The maximum Gasteiger partial charge on any atom is 0.223 e. The standard InChI is InChI=1S/C25H32FN3O2/c1-2-28-11-9-20(10-12-28)16-25(30)29-13-14-31-24(18-29)23-8-5-21(17-27-23)15-19-3-6-22(26)7-4-19/h3-8,17,20,24H,2,9-16,18H2,1H3. The highest BCUT2D eigenvalue weighted by atomic mass is 19.1. The van der Waals surface area contributed by atoms with Gasteiger partial charge in [-0.2, -0.15) is 0 Å². The summed E-state index contributed by atoms with van der Waals surface area (Å²) in [5.41, 5.74) is 2.97. The van der Waals surface area contributed by atoms with Crippen molar-refractivity contribution < 1.29 is 13.9 Å². The number of nitrogens with zero attached hydrogens (tertiary/aromatic N) is 3. The average Bonchev–Trinajstić information content (AvgIpc) is 2.81. The summed E-state index contributed by atoms with van der Waals surface area (Å²) in [6.07, 6.45) is 5.26. The summed E-state index contributed by atoms with van der Waals surface area (Å²) in [6, 6.07) is 10.6. The van der Waals surface area contributed by atoms with Gasteiger partial charge in [0.05, 0.1) is 18.8 Å². The number of carbonyl (C=O) groups is 1. The number of aromatic nitrogens is 1. The molecule has 2 aliphatic rings. The van der Waals surface area contributed by atoms with Gasteiger partial charge in [0.15, 0.2) is 0 Å². The van der Waals surface area contributed by atoms with Crippen LogP contribution in [-0.2, 0) is 16.0 Å². The van der Waals surface area contributed by atoms with Crippen molar-refractivity contribution in [2.24, 2.45) is 5.92 Å². The Labute approximate surface area is 184 Å². The van der Waals surface area contributed by atoms with E-state index in [1.54, 1.807) is 12.1 Å². The van der Waals surface area contributed by atoms with Crippen LogP contribution in [0.5, 0.6) is 0 Å². The summed E-state index contributed by atoms with van der Waals surface area (Å²) in [6.45, 7) is 7.28. The second kappa shape index (κ2) is 10.3. The molecule has 1 atom stereocenters. The van der Waals surface area contributed by atoms with Gasteiger partial charge in [0.1, 0.15) is 11.9 Å². The van der Waals surface area contributed by atoms with Crippen LogP contribution >= 0.6 is 0 Å². The van der Waals surface area contributed by atoms with Crippen molar-refractivity contribution in [2.45, 2.75) is 38.7 Å². The lowest BCUT2D eigenvalue weighted by Gasteiger charge is -2.35. The van der Waals surface area contributed by atoms with Crippen LogP contribution in [0.2, 0.25) is 0 Å². The van der Waals surface area contributed by atoms with Gasteiger partial charge in [0.25, 0.3) is 0 Å². The maximum absolute atomic E-state index is 13.1. The number of amides is 1. The van der Waals surface area contributed by atoms with Crippen molar-refractivity contribution >= 4 is 5.91 Å². The molecule has 6 heteroatoms. The van der Waals surface area contributed by atoms with Crippen LogP contribution in [0.4, 0.5) is 4.39 Å². The van der Waals surface area contributed by atoms with E-state index in [-0.39, 0.29) is 17.8 Å². The predicted octanol–water partition coefficient (Wildman–Crippen LogP) is 3.83. The van der Waals surface area contributed by atoms with E-state index >= 15 is 0 Å². The Bertz CT molecular complexity index is 848. The van der Waals surface area contributed by atoms with Gasteiger partial charge in [-0.1, -0.05) is 25.1 Å². The number of morpholine rings is 1. The van der Waals surface area contributed by atoms with E-state index in [9.17, 15) is 9.18 Å². The van der Waals surface area contributed by atoms with Crippen molar-refractivity contribution in [2.75, 3.05) is 39.3 Å². The van der Waals surface area contributed by atoms with E-state index < -0.39 is 0 Å². The van der Waals surface area contributed by atoms with Crippen LogP contribution in [-0.4, -0.2) is 60.0 Å². The van der Waals surface area contributed by atoms with E-state index in [1.165, 1.54) is 12.1 Å². The van der Waals surface area contributed by atoms with Gasteiger partial charge < -0.3 is 14.5 Å². The molecule has 3 heterocycles. The lowest BCUT2D eigenvalue weighted by atomic mass is 9.93. The second-order valence-electron chi connectivity index (χ2n) is 8.68. The van der Waals surface area contributed by atoms with Gasteiger partial charge in [-0.25, -0.2) is 4.39 Å². The zero-order valence-corrected chi connectivity index (χ0v) is 18.3. The molecule has 166 valence electrons. The van der Waals surface area contributed by atoms with Crippen molar-refractivity contribution in [1.82, 2.24) is 14.8 Å². The minimum Gasteiger partial charge on any atom is -0.368 e. The largest absolute Gasteiger partial charge is 0.368 e. The smallest absolute Gasteiger partial charge is 0.223 e. The molecule has 1 aromatic heterocycles. The summed E-state index contributed by atoms with van der Waals surface area (Å²) < 4.78 is 19.0. The molecule has 1 unspecified atom stereocenters.